The summed E-state index contributed by atoms with van der Waals surface area (Å²) in [5, 5.41) is 9.41. The Morgan fingerprint density at radius 3 is 3.00 bits per heavy atom. The molecule has 1 amide bonds. The van der Waals surface area contributed by atoms with Gasteiger partial charge in [0.1, 0.15) is 5.52 Å². The molecule has 2 aromatic heterocycles. The largest absolute Gasteiger partial charge is 0.395 e. The van der Waals surface area contributed by atoms with E-state index in [4.69, 9.17) is 5.73 Å². The highest BCUT2D eigenvalue weighted by molar-refractivity contribution is 6.09. The smallest absolute Gasteiger partial charge is 0.239 e. The van der Waals surface area contributed by atoms with Gasteiger partial charge < -0.3 is 25.6 Å². The van der Waals surface area contributed by atoms with E-state index in [1.807, 2.05) is 24.3 Å². The van der Waals surface area contributed by atoms with E-state index in [0.717, 1.165) is 11.3 Å². The number of aliphatic hydroxyl groups is 1. The topological polar surface area (TPSA) is 124 Å². The zero-order valence-electron chi connectivity index (χ0n) is 14.6. The first-order valence-electron chi connectivity index (χ1n) is 8.88. The number of hydrogen-bond acceptors (Lipinski definition) is 7. The average Bonchev–Trinajstić information content (AvgIpc) is 3.37. The van der Waals surface area contributed by atoms with E-state index in [2.05, 4.69) is 24.8 Å². The van der Waals surface area contributed by atoms with E-state index >= 15 is 0 Å². The molecule has 0 bridgehead atoms. The van der Waals surface area contributed by atoms with Gasteiger partial charge in [0.25, 0.3) is 0 Å². The quantitative estimate of drug-likeness (QED) is 0.614. The van der Waals surface area contributed by atoms with Crippen LogP contribution in [0.1, 0.15) is 12.0 Å². The number of nitrogens with zero attached hydrogens (tertiary/aromatic N) is 5. The molecule has 2 aliphatic heterocycles. The Balaban J connectivity index is 1.58. The summed E-state index contributed by atoms with van der Waals surface area (Å²) in [7, 11) is 0. The number of aromatic amines is 1. The second-order valence-corrected chi connectivity index (χ2v) is 6.96. The Labute approximate surface area is 154 Å². The molecule has 3 aromatic rings. The van der Waals surface area contributed by atoms with Crippen molar-refractivity contribution in [1.82, 2.24) is 19.9 Å². The van der Waals surface area contributed by atoms with Crippen molar-refractivity contribution in [3.8, 4) is 0 Å². The number of carbonyl (C=O) groups is 1. The lowest BCUT2D eigenvalue weighted by Gasteiger charge is -2.25. The number of imidazole rings is 1. The number of benzene rings is 1. The number of aromatic nitrogens is 4. The van der Waals surface area contributed by atoms with Gasteiger partial charge in [0.15, 0.2) is 11.5 Å². The third kappa shape index (κ3) is 2.15. The van der Waals surface area contributed by atoms with E-state index in [1.54, 1.807) is 11.2 Å². The molecule has 1 fully saturated rings. The summed E-state index contributed by atoms with van der Waals surface area (Å²) in [6.45, 7) is 1.38. The molecule has 2 aliphatic rings. The Morgan fingerprint density at radius 1 is 1.30 bits per heavy atom. The van der Waals surface area contributed by atoms with Crippen LogP contribution in [-0.2, 0) is 10.2 Å². The molecule has 0 radical (unpaired) electrons. The molecule has 9 nitrogen and oxygen atoms in total. The van der Waals surface area contributed by atoms with Crippen LogP contribution < -0.4 is 15.5 Å². The standard InChI is InChI=1S/C18H19N7O2/c19-17-22-14-13(20-10-21-14)15(23-17)24-6-5-18(9-24)11-3-1-2-4-12(11)25(7-8-26)16(18)27/h1-4,10,26H,5-9H2,(H3,19,20,21,22,23). The fourth-order valence-electron chi connectivity index (χ4n) is 4.37. The number of amides is 1. The zero-order valence-corrected chi connectivity index (χ0v) is 14.6. The van der Waals surface area contributed by atoms with Gasteiger partial charge in [0.05, 0.1) is 18.3 Å². The number of nitrogens with two attached hydrogens (primary N) is 1. The molecule has 5 rings (SSSR count). The third-order valence-electron chi connectivity index (χ3n) is 5.54. The molecule has 138 valence electrons. The van der Waals surface area contributed by atoms with E-state index in [9.17, 15) is 9.90 Å². The van der Waals surface area contributed by atoms with E-state index in [0.29, 0.717) is 43.0 Å². The minimum Gasteiger partial charge on any atom is -0.395 e. The molecule has 4 heterocycles. The van der Waals surface area contributed by atoms with Gasteiger partial charge in [-0.3, -0.25) is 4.79 Å². The summed E-state index contributed by atoms with van der Waals surface area (Å²) in [6, 6.07) is 7.82. The molecular weight excluding hydrogens is 346 g/mol. The lowest BCUT2D eigenvalue weighted by atomic mass is 9.81. The Kier molecular flexibility index (Phi) is 3.35. The number of carbonyl (C=O) groups excluding carboxylic acids is 1. The first kappa shape index (κ1) is 16.0. The van der Waals surface area contributed by atoms with Gasteiger partial charge in [0, 0.05) is 25.3 Å². The van der Waals surface area contributed by atoms with Crippen LogP contribution >= 0.6 is 0 Å². The van der Waals surface area contributed by atoms with Crippen LogP contribution in [-0.4, -0.2) is 57.2 Å². The number of fused-ring (bicyclic) bond motifs is 3. The lowest BCUT2D eigenvalue weighted by molar-refractivity contribution is -0.122. The Bertz CT molecular complexity index is 1050. The SMILES string of the molecule is Nc1nc(N2CCC3(C2)C(=O)N(CCO)c2ccccc23)c2[nH]cnc2n1. The van der Waals surface area contributed by atoms with Crippen LogP contribution in [0.4, 0.5) is 17.5 Å². The fourth-order valence-corrected chi connectivity index (χ4v) is 4.37. The highest BCUT2D eigenvalue weighted by Crippen LogP contribution is 2.48. The molecule has 1 atom stereocenters. The molecule has 27 heavy (non-hydrogen) atoms. The van der Waals surface area contributed by atoms with Crippen LogP contribution in [0, 0.1) is 0 Å². The maximum absolute atomic E-state index is 13.3. The minimum absolute atomic E-state index is 0.0307. The number of aliphatic hydroxyl groups excluding tert-OH is 1. The maximum Gasteiger partial charge on any atom is 0.239 e. The second-order valence-electron chi connectivity index (χ2n) is 6.96. The molecule has 4 N–H and O–H groups in total. The Hall–Kier alpha value is -3.20. The summed E-state index contributed by atoms with van der Waals surface area (Å²) in [5.41, 5.74) is 8.33. The van der Waals surface area contributed by atoms with E-state index in [-0.39, 0.29) is 18.5 Å². The number of β-amino-alcohol motifs (C(OH)–C–C–N with tert-alkyl or cyclic N) is 1. The van der Waals surface area contributed by atoms with Crippen LogP contribution in [0.25, 0.3) is 11.2 Å². The molecule has 9 heteroatoms. The number of nitrogen functional groups attached to an aromatic ring is 1. The van der Waals surface area contributed by atoms with Crippen molar-refractivity contribution < 1.29 is 9.90 Å². The second kappa shape index (κ2) is 5.65. The van der Waals surface area contributed by atoms with Crippen molar-refractivity contribution in [3.05, 3.63) is 36.2 Å². The number of para-hydroxylation sites is 1. The molecule has 1 saturated heterocycles. The van der Waals surface area contributed by atoms with Gasteiger partial charge in [0.2, 0.25) is 11.9 Å². The highest BCUT2D eigenvalue weighted by Gasteiger charge is 2.54. The highest BCUT2D eigenvalue weighted by atomic mass is 16.3. The first-order chi connectivity index (χ1) is 13.1. The first-order valence-corrected chi connectivity index (χ1v) is 8.88. The predicted molar refractivity (Wildman–Crippen MR) is 100 cm³/mol. The summed E-state index contributed by atoms with van der Waals surface area (Å²) in [5.74, 6) is 0.853. The number of rotatable bonds is 3. The van der Waals surface area contributed by atoms with Crippen LogP contribution in [0.5, 0.6) is 0 Å². The maximum atomic E-state index is 13.3. The van der Waals surface area contributed by atoms with Gasteiger partial charge in [-0.1, -0.05) is 18.2 Å². The average molecular weight is 365 g/mol. The molecular formula is C18H19N7O2. The summed E-state index contributed by atoms with van der Waals surface area (Å²) in [4.78, 5) is 32.9. The number of hydrogen-bond donors (Lipinski definition) is 3. The number of anilines is 3. The molecule has 1 unspecified atom stereocenters. The van der Waals surface area contributed by atoms with Gasteiger partial charge in [-0.2, -0.15) is 9.97 Å². The van der Waals surface area contributed by atoms with Gasteiger partial charge >= 0.3 is 0 Å². The van der Waals surface area contributed by atoms with Crippen molar-refractivity contribution in [2.45, 2.75) is 11.8 Å². The van der Waals surface area contributed by atoms with Crippen molar-refractivity contribution in [2.24, 2.45) is 0 Å². The molecule has 0 saturated carbocycles. The van der Waals surface area contributed by atoms with Crippen molar-refractivity contribution >= 4 is 34.5 Å². The summed E-state index contributed by atoms with van der Waals surface area (Å²) in [6.07, 6.45) is 2.23. The van der Waals surface area contributed by atoms with Gasteiger partial charge in [-0.05, 0) is 18.1 Å². The third-order valence-corrected chi connectivity index (χ3v) is 5.54. The van der Waals surface area contributed by atoms with E-state index in [1.165, 1.54) is 0 Å². The minimum atomic E-state index is -0.641. The van der Waals surface area contributed by atoms with E-state index < -0.39 is 5.41 Å². The van der Waals surface area contributed by atoms with Gasteiger partial charge in [-0.15, -0.1) is 0 Å². The van der Waals surface area contributed by atoms with Crippen molar-refractivity contribution in [3.63, 3.8) is 0 Å². The normalized spacial score (nSPS) is 21.6. The van der Waals surface area contributed by atoms with Crippen molar-refractivity contribution in [1.29, 1.82) is 0 Å². The monoisotopic (exact) mass is 365 g/mol. The zero-order chi connectivity index (χ0) is 18.6. The summed E-state index contributed by atoms with van der Waals surface area (Å²) >= 11 is 0. The Morgan fingerprint density at radius 2 is 2.15 bits per heavy atom. The predicted octanol–water partition coefficient (Wildman–Crippen LogP) is 0.422. The molecule has 1 aromatic carbocycles. The lowest BCUT2D eigenvalue weighted by Crippen LogP contribution is -2.43. The van der Waals surface area contributed by atoms with Crippen LogP contribution in [0.15, 0.2) is 30.6 Å². The van der Waals surface area contributed by atoms with Crippen LogP contribution in [0.3, 0.4) is 0 Å². The van der Waals surface area contributed by atoms with Crippen LogP contribution in [0.2, 0.25) is 0 Å². The molecule has 1 spiro atoms. The van der Waals surface area contributed by atoms with Gasteiger partial charge in [-0.25, -0.2) is 4.98 Å². The number of nitrogens with one attached hydrogen (secondary N) is 1. The fraction of sp³-hybridized carbons (Fsp3) is 0.333. The number of H-pyrrole nitrogens is 1. The summed E-state index contributed by atoms with van der Waals surface area (Å²) < 4.78 is 0. The molecule has 0 aliphatic carbocycles. The van der Waals surface area contributed by atoms with Crippen molar-refractivity contribution in [2.75, 3.05) is 41.8 Å².